The van der Waals surface area contributed by atoms with E-state index in [-0.39, 0.29) is 11.5 Å². The first-order chi connectivity index (χ1) is 6.96. The standard InChI is InChI=1S/C8H10O4S3/c1-3-12-7(9)6(15(2,10)11)8-13-4-5-14-8/h4-5H,3H2,1-2H3. The highest BCUT2D eigenvalue weighted by Crippen LogP contribution is 2.41. The predicted octanol–water partition coefficient (Wildman–Crippen LogP) is 1.71. The van der Waals surface area contributed by atoms with Crippen LogP contribution < -0.4 is 0 Å². The lowest BCUT2D eigenvalue weighted by atomic mass is 10.6. The number of sulfone groups is 1. The highest BCUT2D eigenvalue weighted by molar-refractivity contribution is 8.28. The molecule has 84 valence electrons. The minimum atomic E-state index is -3.55. The Morgan fingerprint density at radius 3 is 2.33 bits per heavy atom. The summed E-state index contributed by atoms with van der Waals surface area (Å²) in [5.74, 6) is -0.779. The topological polar surface area (TPSA) is 60.4 Å². The third-order valence-electron chi connectivity index (χ3n) is 1.42. The quantitative estimate of drug-likeness (QED) is 0.572. The first kappa shape index (κ1) is 12.7. The molecule has 0 saturated carbocycles. The van der Waals surface area contributed by atoms with Crippen molar-refractivity contribution >= 4 is 39.3 Å². The van der Waals surface area contributed by atoms with Crippen molar-refractivity contribution in [3.05, 3.63) is 20.0 Å². The van der Waals surface area contributed by atoms with Crippen LogP contribution in [-0.4, -0.2) is 27.2 Å². The van der Waals surface area contributed by atoms with E-state index in [1.807, 2.05) is 0 Å². The van der Waals surface area contributed by atoms with Gasteiger partial charge in [0.05, 0.1) is 10.8 Å². The molecular weight excluding hydrogens is 256 g/mol. The van der Waals surface area contributed by atoms with Crippen LogP contribution in [-0.2, 0) is 19.4 Å². The van der Waals surface area contributed by atoms with Crippen LogP contribution >= 0.6 is 23.5 Å². The van der Waals surface area contributed by atoms with Crippen molar-refractivity contribution in [3.63, 3.8) is 0 Å². The van der Waals surface area contributed by atoms with Crippen molar-refractivity contribution in [2.75, 3.05) is 12.9 Å². The van der Waals surface area contributed by atoms with Crippen LogP contribution in [0.5, 0.6) is 0 Å². The summed E-state index contributed by atoms with van der Waals surface area (Å²) in [6.07, 6.45) is 1.01. The Bertz CT molecular complexity index is 409. The second kappa shape index (κ2) is 5.09. The molecule has 0 spiro atoms. The monoisotopic (exact) mass is 266 g/mol. The third kappa shape index (κ3) is 3.29. The molecule has 0 aliphatic carbocycles. The number of hydrogen-bond acceptors (Lipinski definition) is 6. The molecule has 0 amide bonds. The summed E-state index contributed by atoms with van der Waals surface area (Å²) in [5.41, 5.74) is 0. The fourth-order valence-electron chi connectivity index (χ4n) is 0.897. The maximum absolute atomic E-state index is 11.5. The average Bonchev–Trinajstić information content (AvgIpc) is 2.55. The Morgan fingerprint density at radius 2 is 1.93 bits per heavy atom. The maximum Gasteiger partial charge on any atom is 0.351 e. The van der Waals surface area contributed by atoms with Crippen molar-refractivity contribution in [2.45, 2.75) is 6.92 Å². The lowest BCUT2D eigenvalue weighted by Crippen LogP contribution is -2.16. The number of carbonyl (C=O) groups excluding carboxylic acids is 1. The average molecular weight is 266 g/mol. The predicted molar refractivity (Wildman–Crippen MR) is 62.8 cm³/mol. The molecule has 1 rings (SSSR count). The maximum atomic E-state index is 11.5. The van der Waals surface area contributed by atoms with E-state index in [1.54, 1.807) is 17.7 Å². The summed E-state index contributed by atoms with van der Waals surface area (Å²) in [4.78, 5) is 11.2. The molecule has 0 N–H and O–H groups in total. The van der Waals surface area contributed by atoms with Gasteiger partial charge in [0.15, 0.2) is 14.7 Å². The molecule has 1 heterocycles. The normalized spacial score (nSPS) is 15.5. The Balaban J connectivity index is 3.10. The van der Waals surface area contributed by atoms with Crippen LogP contribution in [0.25, 0.3) is 0 Å². The van der Waals surface area contributed by atoms with Crippen LogP contribution in [0.2, 0.25) is 0 Å². The number of carbonyl (C=O) groups is 1. The highest BCUT2D eigenvalue weighted by atomic mass is 32.2. The molecule has 15 heavy (non-hydrogen) atoms. The van der Waals surface area contributed by atoms with E-state index in [4.69, 9.17) is 4.74 Å². The molecule has 0 aromatic heterocycles. The van der Waals surface area contributed by atoms with Gasteiger partial charge in [-0.05, 0) is 17.7 Å². The van der Waals surface area contributed by atoms with Crippen molar-refractivity contribution < 1.29 is 17.9 Å². The van der Waals surface area contributed by atoms with E-state index < -0.39 is 15.8 Å². The van der Waals surface area contributed by atoms with E-state index in [2.05, 4.69) is 0 Å². The van der Waals surface area contributed by atoms with Gasteiger partial charge in [-0.3, -0.25) is 0 Å². The van der Waals surface area contributed by atoms with Gasteiger partial charge in [-0.15, -0.1) is 0 Å². The van der Waals surface area contributed by atoms with E-state index in [0.717, 1.165) is 6.26 Å². The van der Waals surface area contributed by atoms with Gasteiger partial charge in [-0.1, -0.05) is 23.5 Å². The largest absolute Gasteiger partial charge is 0.462 e. The number of thioether (sulfide) groups is 2. The van der Waals surface area contributed by atoms with Crippen molar-refractivity contribution in [3.8, 4) is 0 Å². The van der Waals surface area contributed by atoms with Gasteiger partial charge >= 0.3 is 5.97 Å². The summed E-state index contributed by atoms with van der Waals surface area (Å²) in [5, 5.41) is 3.45. The fraction of sp³-hybridized carbons (Fsp3) is 0.375. The Morgan fingerprint density at radius 1 is 1.40 bits per heavy atom. The first-order valence-corrected chi connectivity index (χ1v) is 7.71. The molecule has 0 fully saturated rings. The number of esters is 1. The van der Waals surface area contributed by atoms with Gasteiger partial charge in [-0.2, -0.15) is 0 Å². The van der Waals surface area contributed by atoms with Gasteiger partial charge < -0.3 is 4.74 Å². The van der Waals surface area contributed by atoms with E-state index in [1.165, 1.54) is 23.5 Å². The van der Waals surface area contributed by atoms with Gasteiger partial charge in [0, 0.05) is 6.26 Å². The number of ether oxygens (including phenoxy) is 1. The van der Waals surface area contributed by atoms with Crippen LogP contribution in [0, 0.1) is 0 Å². The van der Waals surface area contributed by atoms with Gasteiger partial charge in [-0.25, -0.2) is 13.2 Å². The molecule has 0 aromatic carbocycles. The molecule has 0 radical (unpaired) electrons. The van der Waals surface area contributed by atoms with Crippen LogP contribution in [0.15, 0.2) is 20.0 Å². The highest BCUT2D eigenvalue weighted by Gasteiger charge is 2.27. The summed E-state index contributed by atoms with van der Waals surface area (Å²) < 4.78 is 28.0. The molecule has 1 aliphatic heterocycles. The lowest BCUT2D eigenvalue weighted by molar-refractivity contribution is -0.137. The molecule has 0 atom stereocenters. The van der Waals surface area contributed by atoms with Crippen LogP contribution in [0.3, 0.4) is 0 Å². The third-order valence-corrected chi connectivity index (χ3v) is 4.92. The second-order valence-electron chi connectivity index (χ2n) is 2.62. The molecular formula is C8H10O4S3. The van der Waals surface area contributed by atoms with E-state index in [9.17, 15) is 13.2 Å². The molecule has 1 aliphatic rings. The zero-order chi connectivity index (χ0) is 11.5. The molecule has 4 nitrogen and oxygen atoms in total. The van der Waals surface area contributed by atoms with Crippen molar-refractivity contribution in [1.82, 2.24) is 0 Å². The summed E-state index contributed by atoms with van der Waals surface area (Å²) >= 11 is 2.43. The summed E-state index contributed by atoms with van der Waals surface area (Å²) in [7, 11) is -3.55. The van der Waals surface area contributed by atoms with E-state index >= 15 is 0 Å². The Hall–Kier alpha value is -0.400. The van der Waals surface area contributed by atoms with Crippen LogP contribution in [0.4, 0.5) is 0 Å². The van der Waals surface area contributed by atoms with Gasteiger partial charge in [0.1, 0.15) is 0 Å². The van der Waals surface area contributed by atoms with Crippen LogP contribution in [0.1, 0.15) is 6.92 Å². The van der Waals surface area contributed by atoms with Crippen molar-refractivity contribution in [1.29, 1.82) is 0 Å². The van der Waals surface area contributed by atoms with Gasteiger partial charge in [0.2, 0.25) is 0 Å². The first-order valence-electron chi connectivity index (χ1n) is 4.06. The number of rotatable bonds is 3. The molecule has 0 saturated heterocycles. The van der Waals surface area contributed by atoms with E-state index in [0.29, 0.717) is 4.24 Å². The minimum Gasteiger partial charge on any atom is -0.462 e. The zero-order valence-electron chi connectivity index (χ0n) is 8.22. The second-order valence-corrected chi connectivity index (χ2v) is 6.66. The molecule has 0 unspecified atom stereocenters. The minimum absolute atomic E-state index is 0.161. The Labute approximate surface area is 97.1 Å². The van der Waals surface area contributed by atoms with Crippen molar-refractivity contribution in [2.24, 2.45) is 0 Å². The SMILES string of the molecule is CCOC(=O)C(=C1SC=CS1)S(C)(=O)=O. The smallest absolute Gasteiger partial charge is 0.351 e. The van der Waals surface area contributed by atoms with Gasteiger partial charge in [0.25, 0.3) is 0 Å². The molecule has 7 heteroatoms. The Kier molecular flexibility index (Phi) is 4.30. The summed E-state index contributed by atoms with van der Waals surface area (Å²) in [6.45, 7) is 1.80. The lowest BCUT2D eigenvalue weighted by Gasteiger charge is -2.06. The summed E-state index contributed by atoms with van der Waals surface area (Å²) in [6, 6.07) is 0. The zero-order valence-corrected chi connectivity index (χ0v) is 10.7. The molecule has 0 bridgehead atoms. The molecule has 0 aromatic rings. The number of hydrogen-bond donors (Lipinski definition) is 0. The fourth-order valence-corrected chi connectivity index (χ4v) is 4.39.